The van der Waals surface area contributed by atoms with Gasteiger partial charge in [0.05, 0.1) is 0 Å². The molecule has 1 amide bonds. The summed E-state index contributed by atoms with van der Waals surface area (Å²) in [5, 5.41) is 0. The number of pyridine rings is 1. The number of nitrogens with zero attached hydrogens (tertiary/aromatic N) is 3. The highest BCUT2D eigenvalue weighted by Crippen LogP contribution is 2.30. The highest BCUT2D eigenvalue weighted by Gasteiger charge is 2.36. The van der Waals surface area contributed by atoms with Gasteiger partial charge >= 0.3 is 0 Å². The number of amides is 1. The molecule has 4 nitrogen and oxygen atoms in total. The van der Waals surface area contributed by atoms with Gasteiger partial charge in [0.1, 0.15) is 5.69 Å². The average molecular weight is 338 g/mol. The first-order valence-electron chi connectivity index (χ1n) is 7.26. The lowest BCUT2D eigenvalue weighted by molar-refractivity contribution is 0.0313. The molecule has 0 spiro atoms. The average Bonchev–Trinajstić information content (AvgIpc) is 2.47. The van der Waals surface area contributed by atoms with Crippen molar-refractivity contribution in [3.8, 4) is 0 Å². The van der Waals surface area contributed by atoms with E-state index >= 15 is 0 Å². The lowest BCUT2D eigenvalue weighted by atomic mass is 9.84. The zero-order chi connectivity index (χ0) is 14.1. The van der Waals surface area contributed by atoms with Crippen molar-refractivity contribution < 1.29 is 4.79 Å². The van der Waals surface area contributed by atoms with Crippen LogP contribution in [-0.4, -0.2) is 53.4 Å². The van der Waals surface area contributed by atoms with E-state index in [1.54, 1.807) is 12.3 Å². The Morgan fingerprint density at radius 1 is 1.35 bits per heavy atom. The lowest BCUT2D eigenvalue weighted by Crippen LogP contribution is -2.54. The molecule has 0 bridgehead atoms. The molecule has 2 aliphatic heterocycles. The zero-order valence-electron chi connectivity index (χ0n) is 11.8. The normalized spacial score (nSPS) is 27.2. The maximum absolute atomic E-state index is 12.5. The van der Waals surface area contributed by atoms with Crippen LogP contribution in [0.2, 0.25) is 0 Å². The van der Waals surface area contributed by atoms with Crippen LogP contribution in [0, 0.1) is 5.92 Å². The topological polar surface area (TPSA) is 36.4 Å². The fourth-order valence-electron chi connectivity index (χ4n) is 3.50. The molecule has 108 valence electrons. The van der Waals surface area contributed by atoms with Crippen LogP contribution in [0.5, 0.6) is 0 Å². The van der Waals surface area contributed by atoms with Gasteiger partial charge in [-0.15, -0.1) is 0 Å². The summed E-state index contributed by atoms with van der Waals surface area (Å²) in [5.41, 5.74) is 0.552. The minimum absolute atomic E-state index is 0.0733. The monoisotopic (exact) mass is 337 g/mol. The molecule has 2 unspecified atom stereocenters. The molecular formula is C15H20BrN3O. The van der Waals surface area contributed by atoms with E-state index in [-0.39, 0.29) is 5.91 Å². The summed E-state index contributed by atoms with van der Waals surface area (Å²) in [7, 11) is 2.21. The Kier molecular flexibility index (Phi) is 4.08. The molecule has 20 heavy (non-hydrogen) atoms. The Balaban J connectivity index is 1.69. The molecule has 3 heterocycles. The summed E-state index contributed by atoms with van der Waals surface area (Å²) in [6.45, 7) is 2.93. The highest BCUT2D eigenvalue weighted by molar-refractivity contribution is 9.10. The number of fused-ring (bicyclic) bond motifs is 1. The summed E-state index contributed by atoms with van der Waals surface area (Å²) in [4.78, 5) is 21.2. The standard InChI is InChI=1S/C15H20BrN3O/c1-18-7-2-3-11-10-19(8-6-14(11)18)15(20)13-5-4-12(16)9-17-13/h4-5,9,11,14H,2-3,6-8,10H2,1H3. The molecule has 1 aromatic rings. The van der Waals surface area contributed by atoms with E-state index in [0.717, 1.165) is 24.0 Å². The van der Waals surface area contributed by atoms with Gasteiger partial charge < -0.3 is 9.80 Å². The summed E-state index contributed by atoms with van der Waals surface area (Å²) < 4.78 is 0.904. The van der Waals surface area contributed by atoms with Gasteiger partial charge in [-0.2, -0.15) is 0 Å². The number of carbonyl (C=O) groups excluding carboxylic acids is 1. The molecule has 0 saturated carbocycles. The summed E-state index contributed by atoms with van der Waals surface area (Å²) >= 11 is 3.35. The molecule has 2 aliphatic rings. The molecule has 0 N–H and O–H groups in total. The molecule has 0 aromatic carbocycles. The van der Waals surface area contributed by atoms with Crippen molar-refractivity contribution in [3.63, 3.8) is 0 Å². The van der Waals surface area contributed by atoms with Crippen LogP contribution in [0.3, 0.4) is 0 Å². The number of hydrogen-bond acceptors (Lipinski definition) is 3. The molecule has 0 aliphatic carbocycles. The van der Waals surface area contributed by atoms with Gasteiger partial charge in [0.2, 0.25) is 0 Å². The Morgan fingerprint density at radius 2 is 2.20 bits per heavy atom. The van der Waals surface area contributed by atoms with E-state index < -0.39 is 0 Å². The van der Waals surface area contributed by atoms with E-state index in [1.807, 2.05) is 11.0 Å². The van der Waals surface area contributed by atoms with Crippen molar-refractivity contribution >= 4 is 21.8 Å². The van der Waals surface area contributed by atoms with E-state index in [1.165, 1.54) is 19.4 Å². The van der Waals surface area contributed by atoms with Crippen LogP contribution in [0.1, 0.15) is 29.8 Å². The van der Waals surface area contributed by atoms with Gasteiger partial charge in [0.15, 0.2) is 0 Å². The first-order valence-corrected chi connectivity index (χ1v) is 8.05. The highest BCUT2D eigenvalue weighted by atomic mass is 79.9. The van der Waals surface area contributed by atoms with Gasteiger partial charge in [-0.3, -0.25) is 4.79 Å². The second kappa shape index (κ2) is 5.82. The zero-order valence-corrected chi connectivity index (χ0v) is 13.3. The Bertz CT molecular complexity index is 490. The predicted molar refractivity (Wildman–Crippen MR) is 81.6 cm³/mol. The molecule has 0 radical (unpaired) electrons. The molecule has 1 aromatic heterocycles. The number of rotatable bonds is 1. The fraction of sp³-hybridized carbons (Fsp3) is 0.600. The smallest absolute Gasteiger partial charge is 0.272 e. The van der Waals surface area contributed by atoms with E-state index in [4.69, 9.17) is 0 Å². The van der Waals surface area contributed by atoms with E-state index in [9.17, 15) is 4.79 Å². The number of halogens is 1. The second-order valence-electron chi connectivity index (χ2n) is 5.85. The van der Waals surface area contributed by atoms with Crippen molar-refractivity contribution in [2.75, 3.05) is 26.7 Å². The number of carbonyl (C=O) groups is 1. The van der Waals surface area contributed by atoms with E-state index in [2.05, 4.69) is 32.9 Å². The molecule has 2 fully saturated rings. The second-order valence-corrected chi connectivity index (χ2v) is 6.77. The van der Waals surface area contributed by atoms with Gasteiger partial charge in [0.25, 0.3) is 5.91 Å². The van der Waals surface area contributed by atoms with Crippen molar-refractivity contribution in [1.29, 1.82) is 0 Å². The van der Waals surface area contributed by atoms with Crippen molar-refractivity contribution in [3.05, 3.63) is 28.5 Å². The van der Waals surface area contributed by atoms with Crippen molar-refractivity contribution in [2.45, 2.75) is 25.3 Å². The third kappa shape index (κ3) is 2.74. The third-order valence-corrected chi connectivity index (χ3v) is 5.05. The van der Waals surface area contributed by atoms with Crippen LogP contribution >= 0.6 is 15.9 Å². The Morgan fingerprint density at radius 3 is 2.95 bits per heavy atom. The first-order chi connectivity index (χ1) is 9.65. The minimum Gasteiger partial charge on any atom is -0.337 e. The molecular weight excluding hydrogens is 318 g/mol. The van der Waals surface area contributed by atoms with Gasteiger partial charge in [-0.25, -0.2) is 4.98 Å². The van der Waals surface area contributed by atoms with Crippen LogP contribution in [-0.2, 0) is 0 Å². The Hall–Kier alpha value is -0.940. The first kappa shape index (κ1) is 14.0. The summed E-state index contributed by atoms with van der Waals surface area (Å²) in [6, 6.07) is 4.33. The predicted octanol–water partition coefficient (Wildman–Crippen LogP) is 2.40. The van der Waals surface area contributed by atoms with Crippen molar-refractivity contribution in [2.24, 2.45) is 5.92 Å². The number of hydrogen-bond donors (Lipinski definition) is 0. The van der Waals surface area contributed by atoms with Crippen molar-refractivity contribution in [1.82, 2.24) is 14.8 Å². The summed E-state index contributed by atoms with van der Waals surface area (Å²) in [6.07, 6.45) is 5.26. The Labute approximate surface area is 128 Å². The fourth-order valence-corrected chi connectivity index (χ4v) is 3.74. The largest absolute Gasteiger partial charge is 0.337 e. The van der Waals surface area contributed by atoms with E-state index in [0.29, 0.717) is 17.7 Å². The molecule has 5 heteroatoms. The van der Waals surface area contributed by atoms with Crippen LogP contribution in [0.15, 0.2) is 22.8 Å². The summed E-state index contributed by atoms with van der Waals surface area (Å²) in [5.74, 6) is 0.700. The SMILES string of the molecule is CN1CCCC2CN(C(=O)c3ccc(Br)cn3)CCC21. The number of likely N-dealkylation sites (tertiary alicyclic amines) is 2. The maximum Gasteiger partial charge on any atom is 0.272 e. The molecule has 2 atom stereocenters. The number of piperidine rings is 2. The van der Waals surface area contributed by atoms with Crippen LogP contribution in [0.25, 0.3) is 0 Å². The molecule has 2 saturated heterocycles. The maximum atomic E-state index is 12.5. The van der Waals surface area contributed by atoms with Gasteiger partial charge in [-0.05, 0) is 66.8 Å². The van der Waals surface area contributed by atoms with Crippen LogP contribution < -0.4 is 0 Å². The quantitative estimate of drug-likeness (QED) is 0.789. The van der Waals surface area contributed by atoms with Gasteiger partial charge in [0, 0.05) is 29.8 Å². The molecule has 3 rings (SSSR count). The lowest BCUT2D eigenvalue weighted by Gasteiger charge is -2.45. The van der Waals surface area contributed by atoms with Crippen LogP contribution in [0.4, 0.5) is 0 Å². The minimum atomic E-state index is 0.0733. The third-order valence-electron chi connectivity index (χ3n) is 4.58. The number of aromatic nitrogens is 1. The van der Waals surface area contributed by atoms with Gasteiger partial charge in [-0.1, -0.05) is 0 Å².